The van der Waals surface area contributed by atoms with Crippen molar-refractivity contribution in [2.24, 2.45) is 0 Å². The van der Waals surface area contributed by atoms with Crippen LogP contribution in [0.15, 0.2) is 29.0 Å². The van der Waals surface area contributed by atoms with Gasteiger partial charge in [0, 0.05) is 44.2 Å². The molecule has 0 spiro atoms. The molecule has 0 unspecified atom stereocenters. The third-order valence-corrected chi connectivity index (χ3v) is 4.93. The monoisotopic (exact) mass is 345 g/mol. The van der Waals surface area contributed by atoms with E-state index < -0.39 is 0 Å². The van der Waals surface area contributed by atoms with Gasteiger partial charge in [-0.1, -0.05) is 11.2 Å². The van der Waals surface area contributed by atoms with Gasteiger partial charge in [-0.05, 0) is 38.3 Å². The van der Waals surface area contributed by atoms with Crippen molar-refractivity contribution in [2.75, 3.05) is 26.9 Å². The zero-order valence-corrected chi connectivity index (χ0v) is 15.3. The van der Waals surface area contributed by atoms with Gasteiger partial charge in [0.1, 0.15) is 5.76 Å². The average molecular weight is 345 g/mol. The number of hydrogen-bond donors (Lipinski definition) is 0. The van der Waals surface area contributed by atoms with Gasteiger partial charge in [-0.25, -0.2) is 0 Å². The van der Waals surface area contributed by atoms with E-state index in [0.717, 1.165) is 37.4 Å². The molecule has 6 heteroatoms. The van der Waals surface area contributed by atoms with Gasteiger partial charge in [0.25, 0.3) is 0 Å². The molecule has 0 radical (unpaired) electrons. The molecule has 1 aliphatic rings. The summed E-state index contributed by atoms with van der Waals surface area (Å²) in [5.41, 5.74) is 3.40. The molecule has 25 heavy (non-hydrogen) atoms. The van der Waals surface area contributed by atoms with Gasteiger partial charge < -0.3 is 14.0 Å². The lowest BCUT2D eigenvalue weighted by Gasteiger charge is -2.28. The Hall–Kier alpha value is -1.76. The highest BCUT2D eigenvalue weighted by Gasteiger charge is 2.35. The number of rotatable bonds is 8. The van der Waals surface area contributed by atoms with Gasteiger partial charge in [0.05, 0.1) is 25.0 Å². The molecule has 0 N–H and O–H groups in total. The summed E-state index contributed by atoms with van der Waals surface area (Å²) in [5.74, 6) is 0.904. The maximum Gasteiger partial charge on any atom is 0.138 e. The second-order valence-electron chi connectivity index (χ2n) is 6.60. The smallest absolute Gasteiger partial charge is 0.138 e. The van der Waals surface area contributed by atoms with E-state index in [4.69, 9.17) is 14.0 Å². The van der Waals surface area contributed by atoms with E-state index in [1.807, 2.05) is 32.3 Å². The van der Waals surface area contributed by atoms with Crippen LogP contribution in [0.25, 0.3) is 0 Å². The predicted octanol–water partition coefficient (Wildman–Crippen LogP) is 2.54. The molecule has 0 amide bonds. The summed E-state index contributed by atoms with van der Waals surface area (Å²) in [6.07, 6.45) is 5.91. The molecule has 1 aliphatic heterocycles. The molecule has 0 aromatic carbocycles. The van der Waals surface area contributed by atoms with Crippen molar-refractivity contribution in [1.82, 2.24) is 15.0 Å². The van der Waals surface area contributed by atoms with Gasteiger partial charge in [0.2, 0.25) is 0 Å². The highest BCUT2D eigenvalue weighted by Crippen LogP contribution is 2.27. The minimum atomic E-state index is 0.204. The van der Waals surface area contributed by atoms with Crippen LogP contribution in [0.2, 0.25) is 0 Å². The maximum absolute atomic E-state index is 6.11. The van der Waals surface area contributed by atoms with E-state index in [0.29, 0.717) is 19.3 Å². The summed E-state index contributed by atoms with van der Waals surface area (Å²) in [6, 6.07) is 4.43. The Morgan fingerprint density at radius 3 is 2.88 bits per heavy atom. The first-order valence-electron chi connectivity index (χ1n) is 8.84. The number of aryl methyl sites for hydroxylation is 2. The fraction of sp³-hybridized carbons (Fsp3) is 0.579. The molecule has 1 fully saturated rings. The fourth-order valence-electron chi connectivity index (χ4n) is 3.51. The van der Waals surface area contributed by atoms with E-state index >= 15 is 0 Å². The summed E-state index contributed by atoms with van der Waals surface area (Å²) >= 11 is 0. The van der Waals surface area contributed by atoms with Crippen LogP contribution >= 0.6 is 0 Å². The summed E-state index contributed by atoms with van der Waals surface area (Å²) in [4.78, 5) is 6.73. The maximum atomic E-state index is 6.11. The van der Waals surface area contributed by atoms with Crippen molar-refractivity contribution < 1.29 is 14.0 Å². The molecule has 2 aromatic rings. The van der Waals surface area contributed by atoms with Crippen molar-refractivity contribution in [3.05, 3.63) is 47.1 Å². The van der Waals surface area contributed by atoms with Gasteiger partial charge in [-0.15, -0.1) is 0 Å². The molecule has 0 saturated carbocycles. The molecule has 3 heterocycles. The Balaban J connectivity index is 1.73. The summed E-state index contributed by atoms with van der Waals surface area (Å²) < 4.78 is 16.6. The molecule has 2 atom stereocenters. The molecular weight excluding hydrogens is 318 g/mol. The van der Waals surface area contributed by atoms with Crippen LogP contribution < -0.4 is 0 Å². The lowest BCUT2D eigenvalue weighted by Crippen LogP contribution is -2.38. The molecule has 6 nitrogen and oxygen atoms in total. The topological polar surface area (TPSA) is 60.6 Å². The normalized spacial score (nSPS) is 21.1. The Bertz CT molecular complexity index is 640. The Morgan fingerprint density at radius 1 is 1.32 bits per heavy atom. The van der Waals surface area contributed by atoms with Crippen molar-refractivity contribution in [3.63, 3.8) is 0 Å². The van der Waals surface area contributed by atoms with E-state index in [1.54, 1.807) is 7.11 Å². The highest BCUT2D eigenvalue weighted by atomic mass is 16.5. The van der Waals surface area contributed by atoms with Crippen LogP contribution in [0.3, 0.4) is 0 Å². The first-order chi connectivity index (χ1) is 12.2. The van der Waals surface area contributed by atoms with Crippen LogP contribution in [-0.2, 0) is 22.4 Å². The van der Waals surface area contributed by atoms with E-state index in [2.05, 4.69) is 21.1 Å². The van der Waals surface area contributed by atoms with Gasteiger partial charge in [0.15, 0.2) is 0 Å². The second kappa shape index (κ2) is 8.56. The minimum absolute atomic E-state index is 0.204. The SMILES string of the molecule is COCCO[C@@H]1CCN(Cc2c(C)noc2C)[C@H]1Cc1cccnc1. The second-order valence-corrected chi connectivity index (χ2v) is 6.60. The predicted molar refractivity (Wildman–Crippen MR) is 94.3 cm³/mol. The molecule has 2 aromatic heterocycles. The Morgan fingerprint density at radius 2 is 2.20 bits per heavy atom. The first-order valence-corrected chi connectivity index (χ1v) is 8.84. The van der Waals surface area contributed by atoms with Crippen LogP contribution in [0.4, 0.5) is 0 Å². The minimum Gasteiger partial charge on any atom is -0.382 e. The van der Waals surface area contributed by atoms with Crippen LogP contribution in [0.1, 0.15) is 29.0 Å². The van der Waals surface area contributed by atoms with Gasteiger partial charge in [-0.2, -0.15) is 0 Å². The number of hydrogen-bond acceptors (Lipinski definition) is 6. The van der Waals surface area contributed by atoms with Gasteiger partial charge >= 0.3 is 0 Å². The molecule has 136 valence electrons. The van der Waals surface area contributed by atoms with E-state index in [-0.39, 0.29) is 6.10 Å². The quantitative estimate of drug-likeness (QED) is 0.685. The van der Waals surface area contributed by atoms with E-state index in [9.17, 15) is 0 Å². The summed E-state index contributed by atoms with van der Waals surface area (Å²) in [6.45, 7) is 7.09. The van der Waals surface area contributed by atoms with Crippen molar-refractivity contribution in [3.8, 4) is 0 Å². The lowest BCUT2D eigenvalue weighted by molar-refractivity contribution is -0.00137. The summed E-state index contributed by atoms with van der Waals surface area (Å²) in [7, 11) is 1.70. The Labute approximate surface area is 149 Å². The van der Waals surface area contributed by atoms with Crippen LogP contribution in [0, 0.1) is 13.8 Å². The fourth-order valence-corrected chi connectivity index (χ4v) is 3.51. The molecule has 3 rings (SSSR count). The van der Waals surface area contributed by atoms with Gasteiger partial charge in [-0.3, -0.25) is 9.88 Å². The number of nitrogens with zero attached hydrogens (tertiary/aromatic N) is 3. The number of aromatic nitrogens is 2. The van der Waals surface area contributed by atoms with Crippen LogP contribution in [-0.4, -0.2) is 54.1 Å². The van der Waals surface area contributed by atoms with Crippen molar-refractivity contribution >= 4 is 0 Å². The molecule has 1 saturated heterocycles. The zero-order valence-electron chi connectivity index (χ0n) is 15.3. The number of pyridine rings is 1. The van der Waals surface area contributed by atoms with Crippen molar-refractivity contribution in [2.45, 2.75) is 45.4 Å². The largest absolute Gasteiger partial charge is 0.382 e. The molecule has 0 bridgehead atoms. The number of ether oxygens (including phenoxy) is 2. The van der Waals surface area contributed by atoms with Crippen molar-refractivity contribution in [1.29, 1.82) is 0 Å². The standard InChI is InChI=1S/C19H27N3O3/c1-14-17(15(2)25-21-14)13-22-8-6-19(24-10-9-23-3)18(22)11-16-5-4-7-20-12-16/h4-5,7,12,18-19H,6,8-11,13H2,1-3H3/t18-,19+/m0/s1. The zero-order chi connectivity index (χ0) is 17.6. The third-order valence-electron chi connectivity index (χ3n) is 4.93. The third kappa shape index (κ3) is 4.45. The molecular formula is C19H27N3O3. The number of methoxy groups -OCH3 is 1. The van der Waals surface area contributed by atoms with E-state index in [1.165, 1.54) is 11.1 Å². The highest BCUT2D eigenvalue weighted by molar-refractivity contribution is 5.21. The molecule has 0 aliphatic carbocycles. The Kier molecular flexibility index (Phi) is 6.18. The first kappa shape index (κ1) is 18.0. The van der Waals surface area contributed by atoms with Crippen LogP contribution in [0.5, 0.6) is 0 Å². The average Bonchev–Trinajstić information content (AvgIpc) is 3.14. The number of likely N-dealkylation sites (tertiary alicyclic amines) is 1. The lowest BCUT2D eigenvalue weighted by atomic mass is 10.0. The summed E-state index contributed by atoms with van der Waals surface area (Å²) in [5, 5.41) is 4.09.